The van der Waals surface area contributed by atoms with Crippen LogP contribution < -0.4 is 10.3 Å². The summed E-state index contributed by atoms with van der Waals surface area (Å²) < 4.78 is 7.22. The van der Waals surface area contributed by atoms with Crippen molar-refractivity contribution in [1.29, 1.82) is 0 Å². The lowest BCUT2D eigenvalue weighted by Gasteiger charge is -2.14. The van der Waals surface area contributed by atoms with E-state index in [-0.39, 0.29) is 18.7 Å². The molecule has 0 bridgehead atoms. The molecule has 0 fully saturated rings. The first-order valence-electron chi connectivity index (χ1n) is 10.0. The third-order valence-electron chi connectivity index (χ3n) is 5.22. The Morgan fingerprint density at radius 1 is 1.00 bits per heavy atom. The van der Waals surface area contributed by atoms with E-state index in [2.05, 4.69) is 4.98 Å². The van der Waals surface area contributed by atoms with Crippen molar-refractivity contribution in [3.05, 3.63) is 94.9 Å². The van der Waals surface area contributed by atoms with Gasteiger partial charge in [0, 0.05) is 10.9 Å². The van der Waals surface area contributed by atoms with E-state index >= 15 is 0 Å². The first-order valence-corrected chi connectivity index (χ1v) is 10.9. The molecule has 0 saturated carbocycles. The summed E-state index contributed by atoms with van der Waals surface area (Å²) in [5, 5.41) is 15.2. The van der Waals surface area contributed by atoms with Gasteiger partial charge in [-0.3, -0.25) is 9.36 Å². The van der Waals surface area contributed by atoms with Gasteiger partial charge in [-0.15, -0.1) is 11.3 Å². The van der Waals surface area contributed by atoms with E-state index in [0.29, 0.717) is 16.0 Å². The second-order valence-electron chi connectivity index (χ2n) is 7.37. The Hall–Kier alpha value is -3.48. The molecule has 154 valence electrons. The Balaban J connectivity index is 1.34. The van der Waals surface area contributed by atoms with Crippen molar-refractivity contribution in [3.8, 4) is 16.9 Å². The number of fused-ring (bicyclic) bond motifs is 2. The van der Waals surface area contributed by atoms with Crippen LogP contribution in [-0.4, -0.2) is 27.4 Å². The van der Waals surface area contributed by atoms with Crippen LogP contribution in [0.15, 0.2) is 89.3 Å². The van der Waals surface area contributed by atoms with Gasteiger partial charge in [0.2, 0.25) is 0 Å². The van der Waals surface area contributed by atoms with E-state index in [1.807, 2.05) is 78.2 Å². The molecule has 1 unspecified atom stereocenters. The number of rotatable bonds is 6. The van der Waals surface area contributed by atoms with Crippen LogP contribution in [0, 0.1) is 0 Å². The van der Waals surface area contributed by atoms with Crippen LogP contribution >= 0.6 is 11.3 Å². The van der Waals surface area contributed by atoms with Gasteiger partial charge in [0.25, 0.3) is 5.56 Å². The maximum atomic E-state index is 13.1. The van der Waals surface area contributed by atoms with Gasteiger partial charge in [-0.2, -0.15) is 0 Å². The van der Waals surface area contributed by atoms with Gasteiger partial charge in [0.05, 0.1) is 18.3 Å². The molecule has 0 amide bonds. The number of thiophene rings is 1. The molecular weight excluding hydrogens is 408 g/mol. The standard InChI is InChI=1S/C25H20N2O3S/c28-20(14-30-21-11-10-17-6-4-5-9-19(17)12-21)13-27-16-26-24-23(25(27)29)22(15-31-24)18-7-2-1-3-8-18/h1-12,15-16,20,28H,13-14H2. The van der Waals surface area contributed by atoms with Gasteiger partial charge in [-0.25, -0.2) is 4.98 Å². The lowest BCUT2D eigenvalue weighted by Crippen LogP contribution is -2.30. The molecule has 1 N–H and O–H groups in total. The zero-order valence-electron chi connectivity index (χ0n) is 16.6. The Bertz CT molecular complexity index is 1410. The van der Waals surface area contributed by atoms with E-state index < -0.39 is 6.10 Å². The van der Waals surface area contributed by atoms with Crippen LogP contribution in [0.3, 0.4) is 0 Å². The first-order chi connectivity index (χ1) is 15.2. The number of aliphatic hydroxyl groups excluding tert-OH is 1. The zero-order valence-corrected chi connectivity index (χ0v) is 17.5. The summed E-state index contributed by atoms with van der Waals surface area (Å²) in [5.74, 6) is 0.683. The molecule has 0 saturated heterocycles. The number of nitrogens with zero attached hydrogens (tertiary/aromatic N) is 2. The highest BCUT2D eigenvalue weighted by molar-refractivity contribution is 7.17. The molecule has 3 aromatic carbocycles. The van der Waals surface area contributed by atoms with Gasteiger partial charge >= 0.3 is 0 Å². The summed E-state index contributed by atoms with van der Waals surface area (Å²) in [6.45, 7) is 0.192. The maximum absolute atomic E-state index is 13.1. The summed E-state index contributed by atoms with van der Waals surface area (Å²) in [5.41, 5.74) is 1.69. The highest BCUT2D eigenvalue weighted by Gasteiger charge is 2.15. The second kappa shape index (κ2) is 8.34. The van der Waals surface area contributed by atoms with Crippen molar-refractivity contribution in [3.63, 3.8) is 0 Å². The van der Waals surface area contributed by atoms with Crippen LogP contribution in [0.2, 0.25) is 0 Å². The van der Waals surface area contributed by atoms with Gasteiger partial charge in [0.1, 0.15) is 23.3 Å². The Kier molecular flexibility index (Phi) is 5.24. The lowest BCUT2D eigenvalue weighted by molar-refractivity contribution is 0.0915. The van der Waals surface area contributed by atoms with E-state index in [4.69, 9.17) is 4.74 Å². The predicted molar refractivity (Wildman–Crippen MR) is 125 cm³/mol. The molecule has 6 heteroatoms. The second-order valence-corrected chi connectivity index (χ2v) is 8.23. The highest BCUT2D eigenvalue weighted by Crippen LogP contribution is 2.30. The molecule has 2 heterocycles. The monoisotopic (exact) mass is 428 g/mol. The number of ether oxygens (including phenoxy) is 1. The molecular formula is C25H20N2O3S. The van der Waals surface area contributed by atoms with E-state index in [9.17, 15) is 9.90 Å². The molecule has 5 rings (SSSR count). The summed E-state index contributed by atoms with van der Waals surface area (Å²) in [6, 6.07) is 23.6. The summed E-state index contributed by atoms with van der Waals surface area (Å²) in [7, 11) is 0. The van der Waals surface area contributed by atoms with Crippen LogP contribution in [0.5, 0.6) is 5.75 Å². The molecule has 0 spiro atoms. The fourth-order valence-corrected chi connectivity index (χ4v) is 4.56. The Morgan fingerprint density at radius 2 is 1.77 bits per heavy atom. The van der Waals surface area contributed by atoms with Crippen LogP contribution in [0.4, 0.5) is 0 Å². The summed E-state index contributed by atoms with van der Waals surface area (Å²) >= 11 is 1.45. The van der Waals surface area contributed by atoms with Gasteiger partial charge in [-0.05, 0) is 28.5 Å². The van der Waals surface area contributed by atoms with Crippen LogP contribution in [0.1, 0.15) is 0 Å². The van der Waals surface area contributed by atoms with E-state index in [0.717, 1.165) is 21.9 Å². The van der Waals surface area contributed by atoms with Gasteiger partial charge < -0.3 is 9.84 Å². The normalized spacial score (nSPS) is 12.3. The van der Waals surface area contributed by atoms with Crippen molar-refractivity contribution >= 4 is 32.3 Å². The minimum atomic E-state index is -0.845. The Labute approximate surface area is 182 Å². The minimum absolute atomic E-state index is 0.0813. The van der Waals surface area contributed by atoms with Crippen molar-refractivity contribution in [1.82, 2.24) is 9.55 Å². The smallest absolute Gasteiger partial charge is 0.262 e. The topological polar surface area (TPSA) is 64.4 Å². The maximum Gasteiger partial charge on any atom is 0.262 e. The first kappa shape index (κ1) is 19.5. The SMILES string of the molecule is O=c1c2c(-c3ccccc3)csc2ncn1CC(O)COc1ccc2ccccc2c1. The van der Waals surface area contributed by atoms with E-state index in [1.54, 1.807) is 0 Å². The molecule has 0 aliphatic carbocycles. The number of aliphatic hydroxyl groups is 1. The fraction of sp³-hybridized carbons (Fsp3) is 0.120. The van der Waals surface area contributed by atoms with Crippen LogP contribution in [0.25, 0.3) is 32.1 Å². The number of benzene rings is 3. The third-order valence-corrected chi connectivity index (χ3v) is 6.10. The largest absolute Gasteiger partial charge is 0.491 e. The minimum Gasteiger partial charge on any atom is -0.491 e. The van der Waals surface area contributed by atoms with Crippen molar-refractivity contribution in [2.45, 2.75) is 12.6 Å². The molecule has 1 atom stereocenters. The van der Waals surface area contributed by atoms with Crippen LogP contribution in [-0.2, 0) is 6.54 Å². The number of hydrogen-bond donors (Lipinski definition) is 1. The van der Waals surface area contributed by atoms with Crippen molar-refractivity contribution in [2.75, 3.05) is 6.61 Å². The average Bonchev–Trinajstić information content (AvgIpc) is 3.25. The quantitative estimate of drug-likeness (QED) is 0.425. The summed E-state index contributed by atoms with van der Waals surface area (Å²) in [4.78, 5) is 18.2. The highest BCUT2D eigenvalue weighted by atomic mass is 32.1. The molecule has 0 radical (unpaired) electrons. The molecule has 0 aliphatic rings. The third kappa shape index (κ3) is 3.95. The number of aromatic nitrogens is 2. The predicted octanol–water partition coefficient (Wildman–Crippen LogP) is 4.72. The molecule has 0 aliphatic heterocycles. The van der Waals surface area contributed by atoms with Gasteiger partial charge in [0.15, 0.2) is 0 Å². The fourth-order valence-electron chi connectivity index (χ4n) is 3.66. The van der Waals surface area contributed by atoms with Gasteiger partial charge in [-0.1, -0.05) is 60.7 Å². The lowest BCUT2D eigenvalue weighted by atomic mass is 10.1. The van der Waals surface area contributed by atoms with Crippen molar-refractivity contribution < 1.29 is 9.84 Å². The molecule has 5 nitrogen and oxygen atoms in total. The number of hydrogen-bond acceptors (Lipinski definition) is 5. The van der Waals surface area contributed by atoms with Crippen molar-refractivity contribution in [2.24, 2.45) is 0 Å². The Morgan fingerprint density at radius 3 is 2.61 bits per heavy atom. The molecule has 31 heavy (non-hydrogen) atoms. The zero-order chi connectivity index (χ0) is 21.2. The summed E-state index contributed by atoms with van der Waals surface area (Å²) in [6.07, 6.45) is 0.650. The molecule has 2 aromatic heterocycles. The average molecular weight is 429 g/mol. The van der Waals surface area contributed by atoms with E-state index in [1.165, 1.54) is 22.2 Å². The molecule has 5 aromatic rings.